The lowest BCUT2D eigenvalue weighted by molar-refractivity contribution is 0.767. The van der Waals surface area contributed by atoms with Crippen molar-refractivity contribution in [2.24, 2.45) is 0 Å². The van der Waals surface area contributed by atoms with Gasteiger partial charge in [-0.1, -0.05) is 0 Å². The van der Waals surface area contributed by atoms with E-state index in [0.29, 0.717) is 5.37 Å². The molecule has 0 saturated heterocycles. The lowest BCUT2D eigenvalue weighted by Crippen LogP contribution is -2.22. The van der Waals surface area contributed by atoms with Crippen LogP contribution >= 0.6 is 11.8 Å². The number of thioether (sulfide) groups is 1. The minimum absolute atomic E-state index is 0.571. The van der Waals surface area contributed by atoms with Crippen molar-refractivity contribution in [3.05, 3.63) is 24.0 Å². The van der Waals surface area contributed by atoms with Crippen molar-refractivity contribution in [2.45, 2.75) is 18.2 Å². The van der Waals surface area contributed by atoms with E-state index in [-0.39, 0.29) is 0 Å². The maximum Gasteiger partial charge on any atom is 0.0724 e. The first-order valence-electron chi connectivity index (χ1n) is 4.13. The fraction of sp³-hybridized carbons (Fsp3) is 0.444. The van der Waals surface area contributed by atoms with Crippen LogP contribution in [0.5, 0.6) is 0 Å². The Hall–Kier alpha value is -0.700. The summed E-state index contributed by atoms with van der Waals surface area (Å²) in [7, 11) is 0. The first kappa shape index (κ1) is 7.92. The third-order valence-electron chi connectivity index (χ3n) is 2.13. The van der Waals surface area contributed by atoms with Crippen molar-refractivity contribution >= 4 is 17.4 Å². The number of hydrogen-bond donors (Lipinski definition) is 1. The zero-order chi connectivity index (χ0) is 8.39. The minimum Gasteiger partial charge on any atom is -0.372 e. The zero-order valence-corrected chi connectivity index (χ0v) is 7.90. The first-order chi connectivity index (χ1) is 5.90. The number of anilines is 1. The van der Waals surface area contributed by atoms with E-state index in [0.717, 1.165) is 6.42 Å². The highest BCUT2D eigenvalue weighted by molar-refractivity contribution is 7.99. The molecule has 1 aliphatic rings. The van der Waals surface area contributed by atoms with E-state index in [4.69, 9.17) is 0 Å². The molecule has 64 valence electrons. The predicted molar refractivity (Wildman–Crippen MR) is 53.5 cm³/mol. The number of aryl methyl sites for hydroxylation is 1. The summed E-state index contributed by atoms with van der Waals surface area (Å²) in [6.07, 6.45) is 6.29. The number of pyridine rings is 1. The fourth-order valence-corrected chi connectivity index (χ4v) is 2.06. The number of aromatic nitrogens is 1. The Labute approximate surface area is 76.8 Å². The molecule has 1 N–H and O–H groups in total. The molecule has 1 aromatic rings. The molecular formula is C9H12N2S. The molecule has 0 bridgehead atoms. The average Bonchev–Trinajstić information content (AvgIpc) is 2.17. The number of rotatable bonds is 1. The molecule has 0 aliphatic carbocycles. The molecule has 0 saturated carbocycles. The summed E-state index contributed by atoms with van der Waals surface area (Å²) < 4.78 is 0. The molecule has 3 heteroatoms. The van der Waals surface area contributed by atoms with Crippen molar-refractivity contribution in [1.29, 1.82) is 0 Å². The molecule has 2 rings (SSSR count). The van der Waals surface area contributed by atoms with Gasteiger partial charge in [0.2, 0.25) is 0 Å². The first-order valence-corrected chi connectivity index (χ1v) is 5.42. The molecule has 1 aromatic heterocycles. The van der Waals surface area contributed by atoms with E-state index >= 15 is 0 Å². The van der Waals surface area contributed by atoms with Crippen LogP contribution in [0.1, 0.15) is 12.1 Å². The quantitative estimate of drug-likeness (QED) is 0.716. The summed E-state index contributed by atoms with van der Waals surface area (Å²) in [5, 5.41) is 4.02. The van der Waals surface area contributed by atoms with Crippen molar-refractivity contribution in [3.8, 4) is 0 Å². The second kappa shape index (κ2) is 3.35. The van der Waals surface area contributed by atoms with Gasteiger partial charge in [-0.05, 0) is 31.2 Å². The maximum atomic E-state index is 4.32. The van der Waals surface area contributed by atoms with Gasteiger partial charge in [-0.2, -0.15) is 0 Å². The van der Waals surface area contributed by atoms with Gasteiger partial charge in [-0.15, -0.1) is 11.8 Å². The molecular weight excluding hydrogens is 168 g/mol. The van der Waals surface area contributed by atoms with Crippen molar-refractivity contribution < 1.29 is 0 Å². The summed E-state index contributed by atoms with van der Waals surface area (Å²) >= 11 is 1.87. The second-order valence-electron chi connectivity index (χ2n) is 2.91. The van der Waals surface area contributed by atoms with Gasteiger partial charge in [0.25, 0.3) is 0 Å². The van der Waals surface area contributed by atoms with Crippen LogP contribution in [0.3, 0.4) is 0 Å². The third-order valence-corrected chi connectivity index (χ3v) is 3.06. The molecule has 0 amide bonds. The monoisotopic (exact) mass is 180 g/mol. The van der Waals surface area contributed by atoms with Gasteiger partial charge in [0.05, 0.1) is 16.8 Å². The van der Waals surface area contributed by atoms with Crippen molar-refractivity contribution in [3.63, 3.8) is 0 Å². The molecule has 2 nitrogen and oxygen atoms in total. The van der Waals surface area contributed by atoms with E-state index in [2.05, 4.69) is 22.6 Å². The van der Waals surface area contributed by atoms with Crippen LogP contribution in [-0.4, -0.2) is 16.6 Å². The molecule has 12 heavy (non-hydrogen) atoms. The van der Waals surface area contributed by atoms with Gasteiger partial charge >= 0.3 is 0 Å². The van der Waals surface area contributed by atoms with Crippen LogP contribution in [0, 0.1) is 0 Å². The van der Waals surface area contributed by atoms with Crippen LogP contribution in [0.25, 0.3) is 0 Å². The Kier molecular flexibility index (Phi) is 2.21. The van der Waals surface area contributed by atoms with E-state index in [1.54, 1.807) is 0 Å². The number of fused-ring (bicyclic) bond motifs is 1. The molecule has 1 atom stereocenters. The Bertz CT molecular complexity index is 275. The largest absolute Gasteiger partial charge is 0.372 e. The topological polar surface area (TPSA) is 24.9 Å². The van der Waals surface area contributed by atoms with Crippen molar-refractivity contribution in [2.75, 3.05) is 11.6 Å². The van der Waals surface area contributed by atoms with E-state index in [1.807, 2.05) is 24.0 Å². The Morgan fingerprint density at radius 1 is 1.67 bits per heavy atom. The average molecular weight is 180 g/mol. The van der Waals surface area contributed by atoms with E-state index in [1.165, 1.54) is 17.8 Å². The van der Waals surface area contributed by atoms with Crippen LogP contribution in [0.2, 0.25) is 0 Å². The highest BCUT2D eigenvalue weighted by atomic mass is 32.2. The molecule has 1 unspecified atom stereocenters. The zero-order valence-electron chi connectivity index (χ0n) is 7.08. The van der Waals surface area contributed by atoms with E-state index in [9.17, 15) is 0 Å². The van der Waals surface area contributed by atoms with Gasteiger partial charge in [0.15, 0.2) is 0 Å². The summed E-state index contributed by atoms with van der Waals surface area (Å²) in [6, 6.07) is 4.08. The van der Waals surface area contributed by atoms with Crippen molar-refractivity contribution in [1.82, 2.24) is 4.98 Å². The lowest BCUT2D eigenvalue weighted by Gasteiger charge is -2.24. The Morgan fingerprint density at radius 2 is 2.58 bits per heavy atom. The molecule has 0 aromatic carbocycles. The number of hydrogen-bond acceptors (Lipinski definition) is 3. The fourth-order valence-electron chi connectivity index (χ4n) is 1.46. The van der Waals surface area contributed by atoms with Gasteiger partial charge in [0.1, 0.15) is 0 Å². The number of nitrogens with one attached hydrogen (secondary N) is 1. The Morgan fingerprint density at radius 3 is 3.42 bits per heavy atom. The third kappa shape index (κ3) is 1.41. The van der Waals surface area contributed by atoms with Crippen LogP contribution in [-0.2, 0) is 6.42 Å². The molecule has 0 spiro atoms. The van der Waals surface area contributed by atoms with E-state index < -0.39 is 0 Å². The standard InChI is InChI=1S/C9H12N2S/c1-12-9-5-4-7-8(11-9)3-2-6-10-7/h2-3,6,9,11H,4-5H2,1H3. The Balaban J connectivity index is 2.23. The van der Waals surface area contributed by atoms with Crippen LogP contribution in [0.15, 0.2) is 18.3 Å². The highest BCUT2D eigenvalue weighted by Gasteiger charge is 2.16. The minimum atomic E-state index is 0.571. The van der Waals surface area contributed by atoms with Gasteiger partial charge < -0.3 is 5.32 Å². The van der Waals surface area contributed by atoms with Gasteiger partial charge in [-0.25, -0.2) is 0 Å². The predicted octanol–water partition coefficient (Wildman–Crippen LogP) is 2.13. The van der Waals surface area contributed by atoms with Gasteiger partial charge in [-0.3, -0.25) is 4.98 Å². The highest BCUT2D eigenvalue weighted by Crippen LogP contribution is 2.26. The molecule has 1 aliphatic heterocycles. The summed E-state index contributed by atoms with van der Waals surface area (Å²) in [6.45, 7) is 0. The summed E-state index contributed by atoms with van der Waals surface area (Å²) in [5.74, 6) is 0. The maximum absolute atomic E-state index is 4.32. The van der Waals surface area contributed by atoms with Gasteiger partial charge in [0, 0.05) is 6.20 Å². The molecule has 0 radical (unpaired) electrons. The smallest absolute Gasteiger partial charge is 0.0724 e. The second-order valence-corrected chi connectivity index (χ2v) is 3.95. The summed E-state index contributed by atoms with van der Waals surface area (Å²) in [4.78, 5) is 4.32. The van der Waals surface area contributed by atoms with Crippen LogP contribution in [0.4, 0.5) is 5.69 Å². The summed E-state index contributed by atoms with van der Waals surface area (Å²) in [5.41, 5.74) is 2.42. The normalized spacial score (nSPS) is 21.2. The number of nitrogens with zero attached hydrogens (tertiary/aromatic N) is 1. The SMILES string of the molecule is CSC1CCc2ncccc2N1. The molecule has 2 heterocycles. The molecule has 0 fully saturated rings. The lowest BCUT2D eigenvalue weighted by atomic mass is 10.1. The van der Waals surface area contributed by atoms with Crippen LogP contribution < -0.4 is 5.32 Å².